The Bertz CT molecular complexity index is 360. The number of likely N-dealkylation sites (N-methyl/N-ethyl adjacent to an activating group) is 1. The molecule has 1 N–H and O–H groups in total. The molecule has 1 atom stereocenters. The molecule has 0 fully saturated rings. The highest BCUT2D eigenvalue weighted by Gasteiger charge is 2.10. The van der Waals surface area contributed by atoms with Crippen LogP contribution in [0.15, 0.2) is 24.3 Å². The highest BCUT2D eigenvalue weighted by molar-refractivity contribution is 5.20. The summed E-state index contributed by atoms with van der Waals surface area (Å²) < 4.78 is 18.5. The first kappa shape index (κ1) is 16.1. The van der Waals surface area contributed by atoms with Crippen molar-refractivity contribution in [2.45, 2.75) is 19.4 Å². The molecule has 1 unspecified atom stereocenters. The molecular weight excluding hydrogens is 243 g/mol. The van der Waals surface area contributed by atoms with Crippen molar-refractivity contribution >= 4 is 0 Å². The van der Waals surface area contributed by atoms with Gasteiger partial charge in [0.05, 0.1) is 6.61 Å². The van der Waals surface area contributed by atoms with E-state index in [0.29, 0.717) is 0 Å². The van der Waals surface area contributed by atoms with Crippen LogP contribution in [0.5, 0.6) is 0 Å². The third kappa shape index (κ3) is 6.14. The van der Waals surface area contributed by atoms with Gasteiger partial charge in [0.2, 0.25) is 0 Å². The summed E-state index contributed by atoms with van der Waals surface area (Å²) in [6.45, 7) is 5.40. The van der Waals surface area contributed by atoms with Gasteiger partial charge in [0.25, 0.3) is 0 Å². The Morgan fingerprint density at radius 3 is 2.79 bits per heavy atom. The number of nitrogens with one attached hydrogen (secondary N) is 1. The van der Waals surface area contributed by atoms with Crippen LogP contribution in [0.4, 0.5) is 4.39 Å². The summed E-state index contributed by atoms with van der Waals surface area (Å²) in [5.41, 5.74) is 1.00. The Balaban J connectivity index is 2.40. The summed E-state index contributed by atoms with van der Waals surface area (Å²) in [5.74, 6) is -0.178. The minimum absolute atomic E-state index is 0.178. The number of halogens is 1. The van der Waals surface area contributed by atoms with Crippen LogP contribution in [0.25, 0.3) is 0 Å². The second-order valence-electron chi connectivity index (χ2n) is 4.69. The van der Waals surface area contributed by atoms with Gasteiger partial charge < -0.3 is 15.0 Å². The van der Waals surface area contributed by atoms with Gasteiger partial charge in [0.15, 0.2) is 0 Å². The van der Waals surface area contributed by atoms with Crippen LogP contribution in [0, 0.1) is 5.82 Å². The molecule has 0 saturated heterocycles. The zero-order chi connectivity index (χ0) is 14.1. The van der Waals surface area contributed by atoms with Crippen molar-refractivity contribution in [1.82, 2.24) is 10.2 Å². The second kappa shape index (κ2) is 9.02. The largest absolute Gasteiger partial charge is 0.380 e. The Labute approximate surface area is 115 Å². The van der Waals surface area contributed by atoms with Crippen molar-refractivity contribution < 1.29 is 9.13 Å². The summed E-state index contributed by atoms with van der Waals surface area (Å²) in [5, 5.41) is 3.24. The van der Waals surface area contributed by atoms with Crippen LogP contribution in [0.3, 0.4) is 0 Å². The lowest BCUT2D eigenvalue weighted by atomic mass is 10.0. The number of ether oxygens (including phenoxy) is 1. The van der Waals surface area contributed by atoms with Crippen LogP contribution in [0.1, 0.15) is 24.9 Å². The molecule has 3 nitrogen and oxygen atoms in total. The third-order valence-electron chi connectivity index (χ3n) is 3.22. The van der Waals surface area contributed by atoms with E-state index < -0.39 is 0 Å². The quantitative estimate of drug-likeness (QED) is 0.696. The molecule has 0 heterocycles. The fourth-order valence-corrected chi connectivity index (χ4v) is 2.03. The van der Waals surface area contributed by atoms with E-state index in [1.54, 1.807) is 12.1 Å². The molecule has 0 amide bonds. The summed E-state index contributed by atoms with van der Waals surface area (Å²) in [7, 11) is 3.99. The minimum atomic E-state index is -0.178. The van der Waals surface area contributed by atoms with E-state index in [1.807, 2.05) is 20.0 Å². The second-order valence-corrected chi connectivity index (χ2v) is 4.69. The highest BCUT2D eigenvalue weighted by Crippen LogP contribution is 2.17. The zero-order valence-corrected chi connectivity index (χ0v) is 12.2. The predicted octanol–water partition coefficient (Wildman–Crippen LogP) is 2.44. The average molecular weight is 268 g/mol. The Kier molecular flexibility index (Phi) is 7.63. The molecule has 1 aromatic carbocycles. The lowest BCUT2D eigenvalue weighted by Crippen LogP contribution is -2.28. The molecule has 1 rings (SSSR count). The lowest BCUT2D eigenvalue weighted by Gasteiger charge is -2.21. The summed E-state index contributed by atoms with van der Waals surface area (Å²) in [6.07, 6.45) is 0.947. The average Bonchev–Trinajstić information content (AvgIpc) is 2.40. The molecule has 4 heteroatoms. The maximum atomic E-state index is 13.2. The maximum absolute atomic E-state index is 13.2. The molecule has 0 aliphatic heterocycles. The van der Waals surface area contributed by atoms with E-state index in [1.165, 1.54) is 6.07 Å². The molecule has 0 saturated carbocycles. The Morgan fingerprint density at radius 1 is 1.37 bits per heavy atom. The predicted molar refractivity (Wildman–Crippen MR) is 76.8 cm³/mol. The van der Waals surface area contributed by atoms with Gasteiger partial charge in [-0.3, -0.25) is 0 Å². The van der Waals surface area contributed by atoms with Crippen LogP contribution in [-0.4, -0.2) is 45.3 Å². The van der Waals surface area contributed by atoms with Gasteiger partial charge in [-0.25, -0.2) is 4.39 Å². The van der Waals surface area contributed by atoms with Crippen molar-refractivity contribution in [3.63, 3.8) is 0 Å². The summed E-state index contributed by atoms with van der Waals surface area (Å²) >= 11 is 0. The van der Waals surface area contributed by atoms with Crippen LogP contribution in [0.2, 0.25) is 0 Å². The molecule has 0 spiro atoms. The van der Waals surface area contributed by atoms with Gasteiger partial charge >= 0.3 is 0 Å². The van der Waals surface area contributed by atoms with Crippen LogP contribution >= 0.6 is 0 Å². The number of hydrogen-bond donors (Lipinski definition) is 1. The van der Waals surface area contributed by atoms with Gasteiger partial charge in [-0.2, -0.15) is 0 Å². The topological polar surface area (TPSA) is 24.5 Å². The van der Waals surface area contributed by atoms with Gasteiger partial charge in [0.1, 0.15) is 5.82 Å². The monoisotopic (exact) mass is 268 g/mol. The van der Waals surface area contributed by atoms with Gasteiger partial charge in [-0.1, -0.05) is 12.1 Å². The smallest absolute Gasteiger partial charge is 0.123 e. The lowest BCUT2D eigenvalue weighted by molar-refractivity contribution is 0.121. The first-order valence-corrected chi connectivity index (χ1v) is 6.86. The first-order valence-electron chi connectivity index (χ1n) is 6.86. The van der Waals surface area contributed by atoms with Gasteiger partial charge in [-0.05, 0) is 51.7 Å². The van der Waals surface area contributed by atoms with Crippen molar-refractivity contribution in [3.05, 3.63) is 35.6 Å². The van der Waals surface area contributed by atoms with Crippen molar-refractivity contribution in [1.29, 1.82) is 0 Å². The number of rotatable bonds is 9. The van der Waals surface area contributed by atoms with Crippen molar-refractivity contribution in [2.75, 3.05) is 40.4 Å². The fraction of sp³-hybridized carbons (Fsp3) is 0.600. The molecule has 19 heavy (non-hydrogen) atoms. The van der Waals surface area contributed by atoms with Gasteiger partial charge in [-0.15, -0.1) is 0 Å². The SMILES string of the molecule is CCOCCN(C)CCC(NC)c1cccc(F)c1. The third-order valence-corrected chi connectivity index (χ3v) is 3.22. The van der Waals surface area contributed by atoms with E-state index in [2.05, 4.69) is 17.3 Å². The van der Waals surface area contributed by atoms with E-state index >= 15 is 0 Å². The molecule has 1 aromatic rings. The molecule has 0 aromatic heterocycles. The molecule has 0 radical (unpaired) electrons. The maximum Gasteiger partial charge on any atom is 0.123 e. The molecular formula is C15H25FN2O. The Morgan fingerprint density at radius 2 is 2.16 bits per heavy atom. The molecule has 0 aliphatic carbocycles. The number of benzene rings is 1. The molecule has 108 valence electrons. The highest BCUT2D eigenvalue weighted by atomic mass is 19.1. The number of hydrogen-bond acceptors (Lipinski definition) is 3. The first-order chi connectivity index (χ1) is 9.17. The van der Waals surface area contributed by atoms with E-state index in [-0.39, 0.29) is 11.9 Å². The van der Waals surface area contributed by atoms with Crippen LogP contribution in [-0.2, 0) is 4.74 Å². The number of nitrogens with zero attached hydrogens (tertiary/aromatic N) is 1. The van der Waals surface area contributed by atoms with Crippen molar-refractivity contribution in [3.8, 4) is 0 Å². The summed E-state index contributed by atoms with van der Waals surface area (Å²) in [4.78, 5) is 2.24. The van der Waals surface area contributed by atoms with Crippen LogP contribution < -0.4 is 5.32 Å². The normalized spacial score (nSPS) is 12.9. The standard InChI is InChI=1S/C15H25FN2O/c1-4-19-11-10-18(3)9-8-15(17-2)13-6-5-7-14(16)12-13/h5-7,12,15,17H,4,8-11H2,1-3H3. The van der Waals surface area contributed by atoms with E-state index in [4.69, 9.17) is 4.74 Å². The minimum Gasteiger partial charge on any atom is -0.380 e. The Hall–Kier alpha value is -0.970. The zero-order valence-electron chi connectivity index (χ0n) is 12.2. The molecule has 0 bridgehead atoms. The van der Waals surface area contributed by atoms with E-state index in [9.17, 15) is 4.39 Å². The molecule has 0 aliphatic rings. The van der Waals surface area contributed by atoms with Gasteiger partial charge in [0, 0.05) is 19.2 Å². The fourth-order valence-electron chi connectivity index (χ4n) is 2.03. The summed E-state index contributed by atoms with van der Waals surface area (Å²) in [6, 6.07) is 6.98. The van der Waals surface area contributed by atoms with E-state index in [0.717, 1.165) is 38.3 Å². The van der Waals surface area contributed by atoms with Crippen molar-refractivity contribution in [2.24, 2.45) is 0 Å².